The number of amides is 1. The summed E-state index contributed by atoms with van der Waals surface area (Å²) in [4.78, 5) is 11.8. The summed E-state index contributed by atoms with van der Waals surface area (Å²) in [6.45, 7) is 0. The van der Waals surface area contributed by atoms with Crippen molar-refractivity contribution in [2.45, 2.75) is 0 Å². The van der Waals surface area contributed by atoms with Crippen molar-refractivity contribution in [1.29, 1.82) is 0 Å². The van der Waals surface area contributed by atoms with Crippen LogP contribution in [0.1, 0.15) is 16.1 Å². The Balaban J connectivity index is 1.66. The fourth-order valence-corrected chi connectivity index (χ4v) is 2.03. The largest absolute Gasteiger partial charge is 0.455 e. The fourth-order valence-electron chi connectivity index (χ4n) is 2.03. The minimum absolute atomic E-state index is 0.307. The quantitative estimate of drug-likeness (QED) is 0.588. The Labute approximate surface area is 132 Å². The zero-order valence-electron chi connectivity index (χ0n) is 12.1. The van der Waals surface area contributed by atoms with E-state index in [2.05, 4.69) is 10.5 Å². The number of rotatable bonds is 4. The van der Waals surface area contributed by atoms with Gasteiger partial charge in [0.2, 0.25) is 0 Å². The number of hydrogen-bond acceptors (Lipinski definition) is 3. The van der Waals surface area contributed by atoms with E-state index in [0.29, 0.717) is 22.6 Å². The highest BCUT2D eigenvalue weighted by atomic mass is 19.1. The van der Waals surface area contributed by atoms with Crippen LogP contribution in [0.2, 0.25) is 0 Å². The van der Waals surface area contributed by atoms with Crippen LogP contribution in [0, 0.1) is 5.82 Å². The molecule has 114 valence electrons. The number of carbonyl (C=O) groups excluding carboxylic acids is 1. The molecule has 3 aromatic rings. The molecule has 0 unspecified atom stereocenters. The average molecular weight is 308 g/mol. The van der Waals surface area contributed by atoms with Crippen LogP contribution in [0.3, 0.4) is 0 Å². The van der Waals surface area contributed by atoms with E-state index in [1.54, 1.807) is 48.5 Å². The molecule has 0 aliphatic heterocycles. The van der Waals surface area contributed by atoms with E-state index in [4.69, 9.17) is 4.42 Å². The lowest BCUT2D eigenvalue weighted by Crippen LogP contribution is -2.17. The van der Waals surface area contributed by atoms with E-state index < -0.39 is 0 Å². The lowest BCUT2D eigenvalue weighted by atomic mass is 10.2. The topological polar surface area (TPSA) is 54.6 Å². The summed E-state index contributed by atoms with van der Waals surface area (Å²) in [5, 5.41) is 3.85. The zero-order chi connectivity index (χ0) is 16.1. The monoisotopic (exact) mass is 308 g/mol. The van der Waals surface area contributed by atoms with E-state index in [1.165, 1.54) is 18.3 Å². The molecule has 0 saturated heterocycles. The number of nitrogens with one attached hydrogen (secondary N) is 1. The molecule has 23 heavy (non-hydrogen) atoms. The van der Waals surface area contributed by atoms with Crippen LogP contribution >= 0.6 is 0 Å². The second-order valence-corrected chi connectivity index (χ2v) is 4.78. The summed E-state index contributed by atoms with van der Waals surface area (Å²) in [5.74, 6) is 0.348. The minimum Gasteiger partial charge on any atom is -0.455 e. The Hall–Kier alpha value is -3.21. The number of halogens is 1. The Bertz CT molecular complexity index is 841. The van der Waals surface area contributed by atoms with Gasteiger partial charge >= 0.3 is 0 Å². The summed E-state index contributed by atoms with van der Waals surface area (Å²) in [7, 11) is 0. The third kappa shape index (κ3) is 3.71. The predicted octanol–water partition coefficient (Wildman–Crippen LogP) is 3.85. The lowest BCUT2D eigenvalue weighted by Gasteiger charge is -1.98. The summed E-state index contributed by atoms with van der Waals surface area (Å²) in [5.41, 5.74) is 3.57. The Morgan fingerprint density at radius 2 is 1.87 bits per heavy atom. The van der Waals surface area contributed by atoms with Gasteiger partial charge in [0.05, 0.1) is 6.21 Å². The van der Waals surface area contributed by atoms with Crippen LogP contribution in [-0.2, 0) is 0 Å². The summed E-state index contributed by atoms with van der Waals surface area (Å²) >= 11 is 0. The van der Waals surface area contributed by atoms with E-state index in [1.807, 2.05) is 6.07 Å². The van der Waals surface area contributed by atoms with Crippen molar-refractivity contribution in [3.05, 3.63) is 83.9 Å². The molecule has 2 aromatic carbocycles. The minimum atomic E-state index is -0.329. The highest BCUT2D eigenvalue weighted by molar-refractivity contribution is 5.94. The number of benzene rings is 2. The van der Waals surface area contributed by atoms with Gasteiger partial charge in [0.15, 0.2) is 0 Å². The molecule has 0 radical (unpaired) electrons. The van der Waals surface area contributed by atoms with Crippen molar-refractivity contribution in [2.75, 3.05) is 0 Å². The molecule has 1 amide bonds. The molecule has 1 aromatic heterocycles. The van der Waals surface area contributed by atoms with Crippen molar-refractivity contribution >= 4 is 12.1 Å². The Morgan fingerprint density at radius 1 is 1.04 bits per heavy atom. The van der Waals surface area contributed by atoms with Crippen LogP contribution in [0.15, 0.2) is 76.2 Å². The lowest BCUT2D eigenvalue weighted by molar-refractivity contribution is 0.0955. The first-order valence-corrected chi connectivity index (χ1v) is 6.96. The molecular weight excluding hydrogens is 295 g/mol. The third-order valence-electron chi connectivity index (χ3n) is 3.13. The van der Waals surface area contributed by atoms with Gasteiger partial charge in [-0.3, -0.25) is 4.79 Å². The second-order valence-electron chi connectivity index (χ2n) is 4.78. The molecule has 0 aliphatic carbocycles. The Kier molecular flexibility index (Phi) is 4.29. The van der Waals surface area contributed by atoms with Crippen molar-refractivity contribution in [2.24, 2.45) is 5.10 Å². The summed E-state index contributed by atoms with van der Waals surface area (Å²) in [6, 6.07) is 18.3. The van der Waals surface area contributed by atoms with E-state index >= 15 is 0 Å². The van der Waals surface area contributed by atoms with Crippen LogP contribution in [-0.4, -0.2) is 12.1 Å². The number of carbonyl (C=O) groups is 1. The molecule has 0 fully saturated rings. The van der Waals surface area contributed by atoms with Gasteiger partial charge in [0, 0.05) is 11.1 Å². The first-order chi connectivity index (χ1) is 11.2. The van der Waals surface area contributed by atoms with Gasteiger partial charge in [0.1, 0.15) is 17.3 Å². The number of hydrazone groups is 1. The molecule has 0 spiro atoms. The SMILES string of the molecule is O=C(N/N=C\c1ccc(-c2cccc(F)c2)o1)c1ccccc1. The number of hydrogen-bond donors (Lipinski definition) is 1. The molecule has 3 rings (SSSR count). The molecule has 0 bridgehead atoms. The van der Waals surface area contributed by atoms with Gasteiger partial charge in [-0.25, -0.2) is 9.82 Å². The van der Waals surface area contributed by atoms with Crippen LogP contribution in [0.4, 0.5) is 4.39 Å². The van der Waals surface area contributed by atoms with E-state index in [9.17, 15) is 9.18 Å². The summed E-state index contributed by atoms with van der Waals surface area (Å²) < 4.78 is 18.7. The molecule has 0 saturated carbocycles. The summed E-state index contributed by atoms with van der Waals surface area (Å²) in [6.07, 6.45) is 1.39. The highest BCUT2D eigenvalue weighted by Crippen LogP contribution is 2.22. The molecule has 0 atom stereocenters. The maximum atomic E-state index is 13.2. The maximum absolute atomic E-state index is 13.2. The molecule has 1 N–H and O–H groups in total. The van der Waals surface area contributed by atoms with Crippen LogP contribution < -0.4 is 5.43 Å². The van der Waals surface area contributed by atoms with Gasteiger partial charge in [0.25, 0.3) is 5.91 Å². The number of furan rings is 1. The predicted molar refractivity (Wildman–Crippen MR) is 85.6 cm³/mol. The highest BCUT2D eigenvalue weighted by Gasteiger charge is 2.05. The second kappa shape index (κ2) is 6.70. The average Bonchev–Trinajstić information content (AvgIpc) is 3.04. The van der Waals surface area contributed by atoms with Gasteiger partial charge < -0.3 is 4.42 Å². The van der Waals surface area contributed by atoms with Gasteiger partial charge in [-0.2, -0.15) is 5.10 Å². The molecule has 4 nitrogen and oxygen atoms in total. The molecule has 0 aliphatic rings. The standard InChI is InChI=1S/C18H13FN2O2/c19-15-8-4-7-14(11-15)17-10-9-16(23-17)12-20-21-18(22)13-5-2-1-3-6-13/h1-12H,(H,21,22)/b20-12-. The smallest absolute Gasteiger partial charge is 0.271 e. The Morgan fingerprint density at radius 3 is 2.65 bits per heavy atom. The fraction of sp³-hybridized carbons (Fsp3) is 0. The molecule has 1 heterocycles. The van der Waals surface area contributed by atoms with Crippen molar-refractivity contribution < 1.29 is 13.6 Å². The first kappa shape index (κ1) is 14.7. The molecular formula is C18H13FN2O2. The normalized spacial score (nSPS) is 10.8. The van der Waals surface area contributed by atoms with Crippen LogP contribution in [0.5, 0.6) is 0 Å². The maximum Gasteiger partial charge on any atom is 0.271 e. The number of nitrogens with zero attached hydrogens (tertiary/aromatic N) is 1. The van der Waals surface area contributed by atoms with Gasteiger partial charge in [-0.05, 0) is 36.4 Å². The van der Waals surface area contributed by atoms with Crippen LogP contribution in [0.25, 0.3) is 11.3 Å². The van der Waals surface area contributed by atoms with Gasteiger partial charge in [-0.1, -0.05) is 30.3 Å². The van der Waals surface area contributed by atoms with Gasteiger partial charge in [-0.15, -0.1) is 0 Å². The van der Waals surface area contributed by atoms with E-state index in [-0.39, 0.29) is 11.7 Å². The third-order valence-corrected chi connectivity index (χ3v) is 3.13. The van der Waals surface area contributed by atoms with E-state index in [0.717, 1.165) is 0 Å². The van der Waals surface area contributed by atoms with Crippen molar-refractivity contribution in [3.63, 3.8) is 0 Å². The first-order valence-electron chi connectivity index (χ1n) is 6.96. The van der Waals surface area contributed by atoms with Crippen molar-refractivity contribution in [3.8, 4) is 11.3 Å². The zero-order valence-corrected chi connectivity index (χ0v) is 12.1. The van der Waals surface area contributed by atoms with Crippen molar-refractivity contribution in [1.82, 2.24) is 5.43 Å². The molecule has 5 heteroatoms.